The fourth-order valence-corrected chi connectivity index (χ4v) is 1.50. The van der Waals surface area contributed by atoms with Crippen LogP contribution in [0.2, 0.25) is 0 Å². The van der Waals surface area contributed by atoms with Crippen molar-refractivity contribution < 1.29 is 19.5 Å². The second-order valence-electron chi connectivity index (χ2n) is 4.60. The molecule has 0 fully saturated rings. The Morgan fingerprint density at radius 2 is 1.90 bits per heavy atom. The fraction of sp³-hybridized carbons (Fsp3) is 0.615. The van der Waals surface area contributed by atoms with Gasteiger partial charge in [0.05, 0.1) is 0 Å². The molecule has 0 aromatic carbocycles. The molecule has 1 atom stereocenters. The number of urea groups is 1. The molecule has 0 aromatic rings. The number of amides is 3. The van der Waals surface area contributed by atoms with Crippen molar-refractivity contribution in [3.05, 3.63) is 12.7 Å². The Bertz CT molecular complexity index is 369. The molecule has 0 aliphatic rings. The molecule has 7 heteroatoms. The smallest absolute Gasteiger partial charge is 0.326 e. The van der Waals surface area contributed by atoms with Gasteiger partial charge in [0.2, 0.25) is 5.91 Å². The summed E-state index contributed by atoms with van der Waals surface area (Å²) in [6, 6.07) is -1.64. The zero-order chi connectivity index (χ0) is 15.7. The second-order valence-corrected chi connectivity index (χ2v) is 4.60. The normalized spacial score (nSPS) is 11.6. The molecule has 0 aliphatic heterocycles. The van der Waals surface area contributed by atoms with E-state index in [1.165, 1.54) is 11.0 Å². The number of carbonyl (C=O) groups excluding carboxylic acids is 2. The molecule has 0 aliphatic carbocycles. The second kappa shape index (κ2) is 8.95. The predicted octanol–water partition coefficient (Wildman–Crippen LogP) is 0.572. The van der Waals surface area contributed by atoms with Crippen molar-refractivity contribution in [1.29, 1.82) is 0 Å². The highest BCUT2D eigenvalue weighted by Gasteiger charge is 2.22. The van der Waals surface area contributed by atoms with Crippen LogP contribution in [0.3, 0.4) is 0 Å². The predicted molar refractivity (Wildman–Crippen MR) is 75.3 cm³/mol. The summed E-state index contributed by atoms with van der Waals surface area (Å²) < 4.78 is 0. The van der Waals surface area contributed by atoms with Gasteiger partial charge < -0.3 is 20.6 Å². The van der Waals surface area contributed by atoms with Crippen LogP contribution >= 0.6 is 0 Å². The van der Waals surface area contributed by atoms with Crippen molar-refractivity contribution in [2.45, 2.75) is 39.3 Å². The molecule has 3 amide bonds. The van der Waals surface area contributed by atoms with Gasteiger partial charge in [-0.25, -0.2) is 9.59 Å². The Morgan fingerprint density at radius 3 is 2.30 bits per heavy atom. The van der Waals surface area contributed by atoms with Crippen LogP contribution in [0, 0.1) is 0 Å². The van der Waals surface area contributed by atoms with Crippen LogP contribution in [0.1, 0.15) is 27.2 Å². The number of nitrogens with zero attached hydrogens (tertiary/aromatic N) is 1. The van der Waals surface area contributed by atoms with Gasteiger partial charge in [-0.3, -0.25) is 4.79 Å². The van der Waals surface area contributed by atoms with Gasteiger partial charge in [0.15, 0.2) is 0 Å². The summed E-state index contributed by atoms with van der Waals surface area (Å²) in [6.45, 7) is 8.99. The Hall–Kier alpha value is -2.05. The van der Waals surface area contributed by atoms with E-state index >= 15 is 0 Å². The standard InChI is InChI=1S/C13H23N3O4/c1-5-7-10(12(18)19)15-13(20)16(6-2)8-11(17)14-9(3)4/h5,9-10H,1,6-8H2,2-4H3,(H,14,17)(H,15,20)(H,18,19). The number of carboxylic acids is 1. The first-order valence-corrected chi connectivity index (χ1v) is 6.50. The lowest BCUT2D eigenvalue weighted by Crippen LogP contribution is -2.50. The van der Waals surface area contributed by atoms with Crippen LogP contribution in [0.25, 0.3) is 0 Å². The molecule has 0 rings (SSSR count). The zero-order valence-corrected chi connectivity index (χ0v) is 12.2. The summed E-state index contributed by atoms with van der Waals surface area (Å²) in [6.07, 6.45) is 1.54. The largest absolute Gasteiger partial charge is 0.480 e. The Balaban J connectivity index is 4.56. The Morgan fingerprint density at radius 1 is 1.30 bits per heavy atom. The lowest BCUT2D eigenvalue weighted by Gasteiger charge is -2.23. The SMILES string of the molecule is C=CCC(NC(=O)N(CC)CC(=O)NC(C)C)C(=O)O. The van der Waals surface area contributed by atoms with Crippen molar-refractivity contribution in [2.75, 3.05) is 13.1 Å². The summed E-state index contributed by atoms with van der Waals surface area (Å²) in [7, 11) is 0. The monoisotopic (exact) mass is 285 g/mol. The number of hydrogen-bond donors (Lipinski definition) is 3. The molecule has 0 radical (unpaired) electrons. The maximum atomic E-state index is 11.9. The van der Waals surface area contributed by atoms with Gasteiger partial charge in [-0.2, -0.15) is 0 Å². The van der Waals surface area contributed by atoms with Crippen molar-refractivity contribution in [3.8, 4) is 0 Å². The molecule has 0 spiro atoms. The number of rotatable bonds is 8. The maximum absolute atomic E-state index is 11.9. The topological polar surface area (TPSA) is 98.7 Å². The average molecular weight is 285 g/mol. The third kappa shape index (κ3) is 6.77. The van der Waals surface area contributed by atoms with E-state index in [9.17, 15) is 14.4 Å². The first kappa shape index (κ1) is 17.9. The van der Waals surface area contributed by atoms with Gasteiger partial charge in [0.25, 0.3) is 0 Å². The molecule has 1 unspecified atom stereocenters. The molecule has 0 heterocycles. The van der Waals surface area contributed by atoms with E-state index in [4.69, 9.17) is 5.11 Å². The highest BCUT2D eigenvalue weighted by molar-refractivity contribution is 5.86. The van der Waals surface area contributed by atoms with Crippen molar-refractivity contribution >= 4 is 17.9 Å². The van der Waals surface area contributed by atoms with E-state index < -0.39 is 18.0 Å². The fourth-order valence-electron chi connectivity index (χ4n) is 1.50. The van der Waals surface area contributed by atoms with Crippen LogP contribution in [0.4, 0.5) is 4.79 Å². The van der Waals surface area contributed by atoms with Crippen LogP contribution in [-0.4, -0.2) is 53.1 Å². The van der Waals surface area contributed by atoms with Crippen LogP contribution < -0.4 is 10.6 Å². The maximum Gasteiger partial charge on any atom is 0.326 e. The quantitative estimate of drug-likeness (QED) is 0.568. The molecule has 7 nitrogen and oxygen atoms in total. The Kier molecular flexibility index (Phi) is 8.03. The first-order chi connectivity index (χ1) is 9.31. The molecule has 0 saturated heterocycles. The van der Waals surface area contributed by atoms with Crippen molar-refractivity contribution in [2.24, 2.45) is 0 Å². The molecule has 3 N–H and O–H groups in total. The number of carbonyl (C=O) groups is 3. The number of likely N-dealkylation sites (N-methyl/N-ethyl adjacent to an activating group) is 1. The third-order valence-corrected chi connectivity index (χ3v) is 2.45. The summed E-state index contributed by atoms with van der Waals surface area (Å²) in [4.78, 5) is 35.7. The number of aliphatic carboxylic acids is 1. The molecular formula is C13H23N3O4. The summed E-state index contributed by atoms with van der Waals surface area (Å²) in [5, 5.41) is 14.0. The van der Waals surface area contributed by atoms with E-state index in [0.29, 0.717) is 6.54 Å². The minimum absolute atomic E-state index is 0.0169. The molecular weight excluding hydrogens is 262 g/mol. The van der Waals surface area contributed by atoms with E-state index in [1.54, 1.807) is 6.92 Å². The summed E-state index contributed by atoms with van der Waals surface area (Å²) in [5.41, 5.74) is 0. The van der Waals surface area contributed by atoms with Gasteiger partial charge in [0.1, 0.15) is 12.6 Å². The molecule has 0 bridgehead atoms. The van der Waals surface area contributed by atoms with Gasteiger partial charge in [0, 0.05) is 12.6 Å². The molecule has 0 saturated carbocycles. The van der Waals surface area contributed by atoms with E-state index in [2.05, 4.69) is 17.2 Å². The molecule has 20 heavy (non-hydrogen) atoms. The van der Waals surface area contributed by atoms with Crippen molar-refractivity contribution in [1.82, 2.24) is 15.5 Å². The molecule has 114 valence electrons. The Labute approximate surface area is 119 Å². The molecule has 0 aromatic heterocycles. The zero-order valence-electron chi connectivity index (χ0n) is 12.2. The highest BCUT2D eigenvalue weighted by Crippen LogP contribution is 1.97. The van der Waals surface area contributed by atoms with Crippen LogP contribution in [0.5, 0.6) is 0 Å². The van der Waals surface area contributed by atoms with Gasteiger partial charge >= 0.3 is 12.0 Å². The van der Waals surface area contributed by atoms with Gasteiger partial charge in [-0.15, -0.1) is 6.58 Å². The minimum Gasteiger partial charge on any atom is -0.480 e. The average Bonchev–Trinajstić information content (AvgIpc) is 2.34. The highest BCUT2D eigenvalue weighted by atomic mass is 16.4. The van der Waals surface area contributed by atoms with E-state index in [0.717, 1.165) is 0 Å². The number of carboxylic acid groups (broad SMARTS) is 1. The van der Waals surface area contributed by atoms with E-state index in [1.807, 2.05) is 13.8 Å². The van der Waals surface area contributed by atoms with Crippen LogP contribution in [0.15, 0.2) is 12.7 Å². The van der Waals surface area contributed by atoms with E-state index in [-0.39, 0.29) is 24.9 Å². The third-order valence-electron chi connectivity index (χ3n) is 2.45. The van der Waals surface area contributed by atoms with Gasteiger partial charge in [-0.05, 0) is 27.2 Å². The lowest BCUT2D eigenvalue weighted by molar-refractivity contribution is -0.139. The summed E-state index contributed by atoms with van der Waals surface area (Å²) >= 11 is 0. The first-order valence-electron chi connectivity index (χ1n) is 6.50. The number of nitrogens with one attached hydrogen (secondary N) is 2. The lowest BCUT2D eigenvalue weighted by atomic mass is 10.2. The van der Waals surface area contributed by atoms with Gasteiger partial charge in [-0.1, -0.05) is 6.08 Å². The van der Waals surface area contributed by atoms with Crippen LogP contribution in [-0.2, 0) is 9.59 Å². The number of hydrogen-bond acceptors (Lipinski definition) is 3. The minimum atomic E-state index is -1.14. The summed E-state index contributed by atoms with van der Waals surface area (Å²) in [5.74, 6) is -1.42. The van der Waals surface area contributed by atoms with Crippen molar-refractivity contribution in [3.63, 3.8) is 0 Å².